The molecule has 6 nitrogen and oxygen atoms in total. The minimum absolute atomic E-state index is 0.126. The number of pyridine rings is 1. The molecule has 0 fully saturated rings. The Morgan fingerprint density at radius 3 is 2.73 bits per heavy atom. The molecular formula is C20H19N5O. The van der Waals surface area contributed by atoms with Crippen LogP contribution in [-0.4, -0.2) is 25.1 Å². The van der Waals surface area contributed by atoms with Crippen molar-refractivity contribution >= 4 is 11.6 Å². The largest absolute Gasteiger partial charge is 0.343 e. The maximum atomic E-state index is 12.8. The molecule has 0 saturated heterocycles. The van der Waals surface area contributed by atoms with E-state index >= 15 is 0 Å². The SMILES string of the molecule is Cc1cn2cc(C(=O)NC(Cn3cccn3)c3ccccc3)ccc2n1. The molecule has 6 heteroatoms. The first kappa shape index (κ1) is 16.1. The maximum absolute atomic E-state index is 12.8. The molecule has 4 rings (SSSR count). The number of nitrogens with one attached hydrogen (secondary N) is 1. The molecule has 26 heavy (non-hydrogen) atoms. The highest BCUT2D eigenvalue weighted by Gasteiger charge is 2.17. The van der Waals surface area contributed by atoms with Gasteiger partial charge in [-0.15, -0.1) is 0 Å². The second kappa shape index (κ2) is 6.84. The van der Waals surface area contributed by atoms with Gasteiger partial charge in [0.2, 0.25) is 0 Å². The van der Waals surface area contributed by atoms with Gasteiger partial charge in [-0.3, -0.25) is 9.48 Å². The maximum Gasteiger partial charge on any atom is 0.253 e. The van der Waals surface area contributed by atoms with Gasteiger partial charge in [0.15, 0.2) is 0 Å². The predicted molar refractivity (Wildman–Crippen MR) is 98.8 cm³/mol. The molecule has 0 spiro atoms. The van der Waals surface area contributed by atoms with Crippen LogP contribution >= 0.6 is 0 Å². The van der Waals surface area contributed by atoms with E-state index in [0.717, 1.165) is 16.9 Å². The fraction of sp³-hybridized carbons (Fsp3) is 0.150. The number of carbonyl (C=O) groups excluding carboxylic acids is 1. The number of nitrogens with zero attached hydrogens (tertiary/aromatic N) is 4. The van der Waals surface area contributed by atoms with E-state index in [1.807, 2.05) is 70.9 Å². The number of amides is 1. The van der Waals surface area contributed by atoms with Crippen LogP contribution in [0.5, 0.6) is 0 Å². The Kier molecular flexibility index (Phi) is 4.23. The number of hydrogen-bond donors (Lipinski definition) is 1. The molecule has 0 bridgehead atoms. The summed E-state index contributed by atoms with van der Waals surface area (Å²) in [6, 6.07) is 15.3. The van der Waals surface area contributed by atoms with Crippen molar-refractivity contribution in [3.8, 4) is 0 Å². The number of imidazole rings is 1. The van der Waals surface area contributed by atoms with Crippen LogP contribution in [0, 0.1) is 6.92 Å². The van der Waals surface area contributed by atoms with Gasteiger partial charge in [0, 0.05) is 24.8 Å². The Morgan fingerprint density at radius 2 is 1.96 bits per heavy atom. The minimum Gasteiger partial charge on any atom is -0.343 e. The van der Waals surface area contributed by atoms with Gasteiger partial charge in [-0.25, -0.2) is 4.98 Å². The standard InChI is InChI=1S/C20H19N5O/c1-15-12-24-13-17(8-9-19(24)22-15)20(26)23-18(14-25-11-5-10-21-25)16-6-3-2-4-7-16/h2-13,18H,14H2,1H3,(H,23,26). The summed E-state index contributed by atoms with van der Waals surface area (Å²) in [5.74, 6) is -0.126. The first-order chi connectivity index (χ1) is 12.7. The number of hydrogen-bond acceptors (Lipinski definition) is 3. The molecule has 4 aromatic rings. The van der Waals surface area contributed by atoms with E-state index in [2.05, 4.69) is 15.4 Å². The predicted octanol–water partition coefficient (Wildman–Crippen LogP) is 3.01. The van der Waals surface area contributed by atoms with Crippen molar-refractivity contribution < 1.29 is 4.79 Å². The van der Waals surface area contributed by atoms with E-state index in [0.29, 0.717) is 12.1 Å². The Labute approximate surface area is 151 Å². The highest BCUT2D eigenvalue weighted by atomic mass is 16.1. The van der Waals surface area contributed by atoms with Gasteiger partial charge in [-0.1, -0.05) is 30.3 Å². The average Bonchev–Trinajstić information content (AvgIpc) is 3.29. The lowest BCUT2D eigenvalue weighted by Crippen LogP contribution is -2.31. The van der Waals surface area contributed by atoms with E-state index in [-0.39, 0.29) is 11.9 Å². The fourth-order valence-corrected chi connectivity index (χ4v) is 3.01. The van der Waals surface area contributed by atoms with Gasteiger partial charge < -0.3 is 9.72 Å². The zero-order valence-electron chi connectivity index (χ0n) is 14.4. The minimum atomic E-state index is -0.177. The van der Waals surface area contributed by atoms with Gasteiger partial charge >= 0.3 is 0 Å². The number of rotatable bonds is 5. The molecule has 1 N–H and O–H groups in total. The smallest absolute Gasteiger partial charge is 0.253 e. The number of benzene rings is 1. The topological polar surface area (TPSA) is 64.2 Å². The lowest BCUT2D eigenvalue weighted by Gasteiger charge is -2.19. The van der Waals surface area contributed by atoms with E-state index in [1.54, 1.807) is 18.5 Å². The van der Waals surface area contributed by atoms with E-state index < -0.39 is 0 Å². The molecular weight excluding hydrogens is 326 g/mol. The molecule has 130 valence electrons. The second-order valence-electron chi connectivity index (χ2n) is 6.23. The van der Waals surface area contributed by atoms with Crippen molar-refractivity contribution in [1.82, 2.24) is 24.5 Å². The van der Waals surface area contributed by atoms with Crippen LogP contribution in [0.2, 0.25) is 0 Å². The molecule has 0 aliphatic rings. The van der Waals surface area contributed by atoms with Gasteiger partial charge in [0.25, 0.3) is 5.91 Å². The van der Waals surface area contributed by atoms with Crippen molar-refractivity contribution in [1.29, 1.82) is 0 Å². The van der Waals surface area contributed by atoms with Gasteiger partial charge in [0.1, 0.15) is 5.65 Å². The Hall–Kier alpha value is -3.41. The Morgan fingerprint density at radius 1 is 1.12 bits per heavy atom. The van der Waals surface area contributed by atoms with Gasteiger partial charge in [0.05, 0.1) is 23.8 Å². The quantitative estimate of drug-likeness (QED) is 0.605. The Balaban J connectivity index is 1.60. The summed E-state index contributed by atoms with van der Waals surface area (Å²) in [5.41, 5.74) is 3.38. The molecule has 0 radical (unpaired) electrons. The molecule has 1 aromatic carbocycles. The lowest BCUT2D eigenvalue weighted by atomic mass is 10.1. The summed E-state index contributed by atoms with van der Waals surface area (Å²) in [7, 11) is 0. The molecule has 1 unspecified atom stereocenters. The van der Waals surface area contributed by atoms with Crippen LogP contribution in [-0.2, 0) is 6.54 Å². The van der Waals surface area contributed by atoms with Crippen molar-refractivity contribution in [2.75, 3.05) is 0 Å². The van der Waals surface area contributed by atoms with Gasteiger partial charge in [-0.2, -0.15) is 5.10 Å². The molecule has 0 aliphatic heterocycles. The molecule has 1 atom stereocenters. The lowest BCUT2D eigenvalue weighted by molar-refractivity contribution is 0.0931. The zero-order valence-corrected chi connectivity index (χ0v) is 14.4. The third-order valence-electron chi connectivity index (χ3n) is 4.27. The number of carbonyl (C=O) groups is 1. The van der Waals surface area contributed by atoms with E-state index in [4.69, 9.17) is 0 Å². The van der Waals surface area contributed by atoms with E-state index in [1.165, 1.54) is 0 Å². The number of aryl methyl sites for hydroxylation is 1. The molecule has 1 amide bonds. The second-order valence-corrected chi connectivity index (χ2v) is 6.23. The summed E-state index contributed by atoms with van der Waals surface area (Å²) < 4.78 is 3.69. The summed E-state index contributed by atoms with van der Waals surface area (Å²) >= 11 is 0. The van der Waals surface area contributed by atoms with Crippen molar-refractivity contribution in [3.05, 3.63) is 90.1 Å². The normalized spacial score (nSPS) is 12.2. The van der Waals surface area contributed by atoms with Crippen LogP contribution in [0.3, 0.4) is 0 Å². The number of fused-ring (bicyclic) bond motifs is 1. The zero-order chi connectivity index (χ0) is 17.9. The van der Waals surface area contributed by atoms with Crippen LogP contribution in [0.1, 0.15) is 27.7 Å². The van der Waals surface area contributed by atoms with Crippen molar-refractivity contribution in [3.63, 3.8) is 0 Å². The van der Waals surface area contributed by atoms with Crippen LogP contribution < -0.4 is 5.32 Å². The highest BCUT2D eigenvalue weighted by Crippen LogP contribution is 2.16. The highest BCUT2D eigenvalue weighted by molar-refractivity contribution is 5.94. The molecule has 3 heterocycles. The first-order valence-corrected chi connectivity index (χ1v) is 8.47. The Bertz CT molecular complexity index is 1020. The molecule has 0 saturated carbocycles. The summed E-state index contributed by atoms with van der Waals surface area (Å²) in [6.07, 6.45) is 7.34. The summed E-state index contributed by atoms with van der Waals surface area (Å²) in [6.45, 7) is 2.50. The van der Waals surface area contributed by atoms with Gasteiger partial charge in [-0.05, 0) is 30.7 Å². The molecule has 0 aliphatic carbocycles. The van der Waals surface area contributed by atoms with E-state index in [9.17, 15) is 4.79 Å². The van der Waals surface area contributed by atoms with Crippen molar-refractivity contribution in [2.24, 2.45) is 0 Å². The van der Waals surface area contributed by atoms with Crippen molar-refractivity contribution in [2.45, 2.75) is 19.5 Å². The number of aromatic nitrogens is 4. The van der Waals surface area contributed by atoms with Crippen LogP contribution in [0.4, 0.5) is 0 Å². The molecule has 3 aromatic heterocycles. The van der Waals surface area contributed by atoms with Crippen LogP contribution in [0.15, 0.2) is 73.3 Å². The monoisotopic (exact) mass is 345 g/mol. The van der Waals surface area contributed by atoms with Crippen LogP contribution in [0.25, 0.3) is 5.65 Å². The first-order valence-electron chi connectivity index (χ1n) is 8.47. The third kappa shape index (κ3) is 3.35. The summed E-state index contributed by atoms with van der Waals surface area (Å²) in [4.78, 5) is 17.2. The average molecular weight is 345 g/mol. The summed E-state index contributed by atoms with van der Waals surface area (Å²) in [5, 5.41) is 7.38. The fourth-order valence-electron chi connectivity index (χ4n) is 3.01. The third-order valence-corrected chi connectivity index (χ3v) is 4.27.